The van der Waals surface area contributed by atoms with Gasteiger partial charge in [-0.2, -0.15) is 0 Å². The van der Waals surface area contributed by atoms with Gasteiger partial charge in [-0.3, -0.25) is 4.98 Å². The van der Waals surface area contributed by atoms with E-state index in [1.807, 2.05) is 12.1 Å². The van der Waals surface area contributed by atoms with E-state index >= 15 is 0 Å². The molecule has 1 aromatic rings. The Morgan fingerprint density at radius 2 is 2.00 bits per heavy atom. The molecule has 0 fully saturated rings. The second kappa shape index (κ2) is 4.41. The molecular weight excluding hydrogens is 232 g/mol. The molecule has 2 rings (SSSR count). The maximum absolute atomic E-state index is 12.6. The van der Waals surface area contributed by atoms with Crippen molar-refractivity contribution in [2.75, 3.05) is 12.3 Å². The molecule has 1 atom stereocenters. The molecule has 1 aliphatic rings. The highest BCUT2D eigenvalue weighted by atomic mass is 32.2. The Labute approximate surface area is 104 Å². The molecule has 0 unspecified atom stereocenters. The monoisotopic (exact) mass is 252 g/mol. The van der Waals surface area contributed by atoms with E-state index in [4.69, 9.17) is 0 Å². The zero-order valence-corrected chi connectivity index (χ0v) is 11.6. The molecule has 17 heavy (non-hydrogen) atoms. The molecule has 3 nitrogen and oxygen atoms in total. The van der Waals surface area contributed by atoms with Crippen molar-refractivity contribution in [3.63, 3.8) is 0 Å². The lowest BCUT2D eigenvalue weighted by Crippen LogP contribution is -2.16. The van der Waals surface area contributed by atoms with Gasteiger partial charge >= 0.3 is 0 Å². The van der Waals surface area contributed by atoms with Gasteiger partial charge in [0.25, 0.3) is 0 Å². The second-order valence-corrected chi connectivity index (χ2v) is 7.95. The topological polar surface area (TPSA) is 42.3 Å². The zero-order chi connectivity index (χ0) is 12.5. The van der Waals surface area contributed by atoms with Crippen LogP contribution in [0.3, 0.4) is 0 Å². The fourth-order valence-electron chi connectivity index (χ4n) is 1.89. The summed E-state index contributed by atoms with van der Waals surface area (Å²) in [5.41, 5.74) is 1.06. The van der Waals surface area contributed by atoms with E-state index in [9.17, 15) is 4.21 Å². The zero-order valence-electron chi connectivity index (χ0n) is 10.8. The summed E-state index contributed by atoms with van der Waals surface area (Å²) < 4.78 is 16.9. The molecule has 94 valence electrons. The number of rotatable bonds is 1. The normalized spacial score (nSPS) is 25.4. The van der Waals surface area contributed by atoms with Gasteiger partial charge in [-0.1, -0.05) is 20.8 Å². The van der Waals surface area contributed by atoms with Crippen LogP contribution in [0.25, 0.3) is 0 Å². The van der Waals surface area contributed by atoms with Gasteiger partial charge in [0.1, 0.15) is 0 Å². The largest absolute Gasteiger partial charge is 0.259 e. The fourth-order valence-corrected chi connectivity index (χ4v) is 3.92. The highest BCUT2D eigenvalue weighted by molar-refractivity contribution is 7.93. The number of nitrogens with zero attached hydrogens (tertiary/aromatic N) is 2. The lowest BCUT2D eigenvalue weighted by molar-refractivity contribution is 0.567. The molecule has 0 bridgehead atoms. The number of hydrogen-bond acceptors (Lipinski definition) is 3. The summed E-state index contributed by atoms with van der Waals surface area (Å²) in [5.74, 6) is 0.684. The van der Waals surface area contributed by atoms with Crippen molar-refractivity contribution in [2.45, 2.75) is 43.9 Å². The summed E-state index contributed by atoms with van der Waals surface area (Å²) in [5, 5.41) is 0. The van der Waals surface area contributed by atoms with E-state index in [0.717, 1.165) is 30.0 Å². The maximum atomic E-state index is 12.6. The van der Waals surface area contributed by atoms with Gasteiger partial charge in [-0.05, 0) is 25.0 Å². The van der Waals surface area contributed by atoms with Crippen LogP contribution in [0.4, 0.5) is 0 Å². The van der Waals surface area contributed by atoms with E-state index in [1.54, 1.807) is 6.20 Å². The Balaban J connectivity index is 2.36. The summed E-state index contributed by atoms with van der Waals surface area (Å²) in [7, 11) is -2.17. The molecule has 1 aliphatic heterocycles. The van der Waals surface area contributed by atoms with Gasteiger partial charge in [0.05, 0.1) is 14.6 Å². The van der Waals surface area contributed by atoms with E-state index in [-0.39, 0.29) is 5.41 Å². The molecular formula is C13H20N2OS. The molecule has 1 aromatic heterocycles. The van der Waals surface area contributed by atoms with Crippen LogP contribution >= 0.6 is 0 Å². The molecule has 0 N–H and O–H groups in total. The first-order valence-electron chi connectivity index (χ1n) is 6.09. The van der Waals surface area contributed by atoms with Gasteiger partial charge < -0.3 is 0 Å². The predicted molar refractivity (Wildman–Crippen MR) is 70.7 cm³/mol. The van der Waals surface area contributed by atoms with Gasteiger partial charge in [-0.15, -0.1) is 0 Å². The first-order chi connectivity index (χ1) is 7.92. The van der Waals surface area contributed by atoms with Crippen molar-refractivity contribution in [3.05, 3.63) is 24.0 Å². The van der Waals surface area contributed by atoms with Crippen LogP contribution in [0.5, 0.6) is 0 Å². The Morgan fingerprint density at radius 1 is 1.24 bits per heavy atom. The highest BCUT2D eigenvalue weighted by Crippen LogP contribution is 2.23. The Bertz CT molecular complexity index is 505. The minimum Gasteiger partial charge on any atom is -0.259 e. The molecule has 0 spiro atoms. The predicted octanol–water partition coefficient (Wildman–Crippen LogP) is 3.00. The SMILES string of the molecule is CC(C)(C)c1ccc([S@@]2(=O)=NCCCC2)cn1. The summed E-state index contributed by atoms with van der Waals surface area (Å²) in [4.78, 5) is 5.23. The van der Waals surface area contributed by atoms with E-state index in [1.165, 1.54) is 0 Å². The summed E-state index contributed by atoms with van der Waals surface area (Å²) in [6, 6.07) is 3.91. The molecule has 0 amide bonds. The number of pyridine rings is 1. The third-order valence-corrected chi connectivity index (χ3v) is 5.42. The van der Waals surface area contributed by atoms with Crippen LogP contribution in [0.2, 0.25) is 0 Å². The summed E-state index contributed by atoms with van der Waals surface area (Å²) in [6.45, 7) is 7.10. The lowest BCUT2D eigenvalue weighted by Gasteiger charge is -2.19. The van der Waals surface area contributed by atoms with Crippen LogP contribution in [0.15, 0.2) is 27.6 Å². The van der Waals surface area contributed by atoms with Crippen LogP contribution in [0.1, 0.15) is 39.3 Å². The Morgan fingerprint density at radius 3 is 2.47 bits per heavy atom. The van der Waals surface area contributed by atoms with Crippen molar-refractivity contribution in [1.29, 1.82) is 0 Å². The number of aromatic nitrogens is 1. The Kier molecular flexibility index (Phi) is 3.25. The van der Waals surface area contributed by atoms with Crippen molar-refractivity contribution in [2.24, 2.45) is 4.36 Å². The average Bonchev–Trinajstić information content (AvgIpc) is 2.29. The molecule has 0 aromatic carbocycles. The molecule has 0 saturated carbocycles. The van der Waals surface area contributed by atoms with Crippen molar-refractivity contribution in [1.82, 2.24) is 4.98 Å². The van der Waals surface area contributed by atoms with Crippen LogP contribution in [-0.4, -0.2) is 21.5 Å². The molecule has 0 saturated heterocycles. The van der Waals surface area contributed by atoms with Crippen molar-refractivity contribution in [3.8, 4) is 0 Å². The third-order valence-electron chi connectivity index (χ3n) is 3.00. The highest BCUT2D eigenvalue weighted by Gasteiger charge is 2.19. The van der Waals surface area contributed by atoms with E-state index in [0.29, 0.717) is 5.75 Å². The minimum absolute atomic E-state index is 0.0353. The van der Waals surface area contributed by atoms with Crippen LogP contribution < -0.4 is 0 Å². The molecule has 0 radical (unpaired) electrons. The van der Waals surface area contributed by atoms with Gasteiger partial charge in [-0.25, -0.2) is 8.57 Å². The van der Waals surface area contributed by atoms with Gasteiger partial charge in [0, 0.05) is 29.6 Å². The van der Waals surface area contributed by atoms with Crippen molar-refractivity contribution < 1.29 is 4.21 Å². The van der Waals surface area contributed by atoms with Gasteiger partial charge in [0.2, 0.25) is 0 Å². The first-order valence-corrected chi connectivity index (χ1v) is 7.77. The fraction of sp³-hybridized carbons (Fsp3) is 0.615. The minimum atomic E-state index is -2.17. The van der Waals surface area contributed by atoms with Crippen LogP contribution in [0, 0.1) is 0 Å². The van der Waals surface area contributed by atoms with Crippen molar-refractivity contribution >= 4 is 9.73 Å². The quantitative estimate of drug-likeness (QED) is 0.771. The summed E-state index contributed by atoms with van der Waals surface area (Å²) >= 11 is 0. The van der Waals surface area contributed by atoms with Crippen LogP contribution in [-0.2, 0) is 15.1 Å². The van der Waals surface area contributed by atoms with E-state index in [2.05, 4.69) is 30.1 Å². The van der Waals surface area contributed by atoms with Gasteiger partial charge in [0.15, 0.2) is 0 Å². The summed E-state index contributed by atoms with van der Waals surface area (Å²) in [6.07, 6.45) is 3.81. The molecule has 0 aliphatic carbocycles. The lowest BCUT2D eigenvalue weighted by atomic mass is 9.92. The number of hydrogen-bond donors (Lipinski definition) is 0. The molecule has 4 heteroatoms. The Hall–Kier alpha value is -0.900. The standard InChI is InChI=1S/C13H20N2OS/c1-13(2,3)12-7-6-11(10-14-12)17(16)9-5-4-8-15-17/h6-7,10H,4-5,8-9H2,1-3H3/t17-/m1/s1. The first kappa shape index (κ1) is 12.6. The molecule has 2 heterocycles. The second-order valence-electron chi connectivity index (χ2n) is 5.53. The maximum Gasteiger partial charge on any atom is 0.0767 e. The van der Waals surface area contributed by atoms with E-state index < -0.39 is 9.73 Å². The third kappa shape index (κ3) is 2.68. The average molecular weight is 252 g/mol. The smallest absolute Gasteiger partial charge is 0.0767 e.